The molecule has 2 heterocycles. The highest BCUT2D eigenvalue weighted by Crippen LogP contribution is 2.25. The summed E-state index contributed by atoms with van der Waals surface area (Å²) in [6.45, 7) is 3.60. The molecule has 0 bridgehead atoms. The standard InChI is InChI=1S/C15H22N4O6S/c1-4-5-24-15(21)19-9-12(25-26(3,22)23)7-10(19)6-11-8-17-14(13(16)20)18(11)2/h4,8,10,12H,1,5-7,9H2,2-3H3,(H2,16,20)/t10-,12-/m1/s1. The van der Waals surface area contributed by atoms with Crippen molar-refractivity contribution in [3.05, 3.63) is 30.4 Å². The Kier molecular flexibility index (Phi) is 6.03. The van der Waals surface area contributed by atoms with Gasteiger partial charge in [-0.2, -0.15) is 8.42 Å². The predicted octanol–water partition coefficient (Wildman–Crippen LogP) is -0.197. The summed E-state index contributed by atoms with van der Waals surface area (Å²) >= 11 is 0. The second-order valence-electron chi connectivity index (χ2n) is 6.03. The van der Waals surface area contributed by atoms with E-state index in [1.54, 1.807) is 11.6 Å². The SMILES string of the molecule is C=CCOC(=O)N1C[C@H](OS(C)(=O)=O)C[C@H]1Cc1cnc(C(N)=O)n1C. The Morgan fingerprint density at radius 1 is 1.50 bits per heavy atom. The van der Waals surface area contributed by atoms with E-state index < -0.39 is 28.2 Å². The number of carbonyl (C=O) groups is 2. The first-order valence-electron chi connectivity index (χ1n) is 7.85. The Bertz CT molecular complexity index is 803. The minimum Gasteiger partial charge on any atom is -0.445 e. The molecule has 144 valence electrons. The molecule has 0 saturated carbocycles. The van der Waals surface area contributed by atoms with Crippen LogP contribution >= 0.6 is 0 Å². The molecule has 26 heavy (non-hydrogen) atoms. The van der Waals surface area contributed by atoms with Gasteiger partial charge in [0.1, 0.15) is 6.61 Å². The fourth-order valence-electron chi connectivity index (χ4n) is 2.93. The molecule has 1 fully saturated rings. The summed E-state index contributed by atoms with van der Waals surface area (Å²) in [5, 5.41) is 0. The first kappa shape index (κ1) is 19.9. The van der Waals surface area contributed by atoms with Gasteiger partial charge in [-0.1, -0.05) is 12.7 Å². The number of hydrogen-bond donors (Lipinski definition) is 1. The van der Waals surface area contributed by atoms with E-state index in [1.807, 2.05) is 0 Å². The topological polar surface area (TPSA) is 134 Å². The summed E-state index contributed by atoms with van der Waals surface area (Å²) in [7, 11) is -2.02. The van der Waals surface area contributed by atoms with Crippen molar-refractivity contribution in [2.45, 2.75) is 25.0 Å². The number of imidazole rings is 1. The number of carbonyl (C=O) groups excluding carboxylic acids is 2. The van der Waals surface area contributed by atoms with E-state index in [9.17, 15) is 18.0 Å². The average Bonchev–Trinajstić information content (AvgIpc) is 3.08. The Hall–Kier alpha value is -2.40. The van der Waals surface area contributed by atoms with Crippen LogP contribution in [0.4, 0.5) is 4.79 Å². The van der Waals surface area contributed by atoms with Crippen LogP contribution in [0, 0.1) is 0 Å². The summed E-state index contributed by atoms with van der Waals surface area (Å²) in [4.78, 5) is 29.0. The molecule has 1 aliphatic rings. The van der Waals surface area contributed by atoms with Crippen molar-refractivity contribution in [1.29, 1.82) is 0 Å². The van der Waals surface area contributed by atoms with Gasteiger partial charge >= 0.3 is 6.09 Å². The third-order valence-electron chi connectivity index (χ3n) is 4.00. The van der Waals surface area contributed by atoms with E-state index in [1.165, 1.54) is 17.2 Å². The van der Waals surface area contributed by atoms with Gasteiger partial charge in [0, 0.05) is 31.4 Å². The summed E-state index contributed by atoms with van der Waals surface area (Å²) in [6.07, 6.45) is 3.27. The number of nitrogens with zero attached hydrogens (tertiary/aromatic N) is 3. The summed E-state index contributed by atoms with van der Waals surface area (Å²) < 4.78 is 34.4. The first-order valence-corrected chi connectivity index (χ1v) is 9.67. The molecule has 2 N–H and O–H groups in total. The molecule has 2 rings (SSSR count). The molecule has 1 aliphatic heterocycles. The number of amides is 2. The molecule has 0 radical (unpaired) electrons. The third-order valence-corrected chi connectivity index (χ3v) is 4.62. The third kappa shape index (κ3) is 4.82. The molecule has 2 amide bonds. The lowest BCUT2D eigenvalue weighted by atomic mass is 10.1. The molecule has 0 aliphatic carbocycles. The van der Waals surface area contributed by atoms with Gasteiger partial charge in [0.2, 0.25) is 0 Å². The van der Waals surface area contributed by atoms with Crippen molar-refractivity contribution in [3.8, 4) is 0 Å². The van der Waals surface area contributed by atoms with E-state index in [0.29, 0.717) is 18.5 Å². The highest BCUT2D eigenvalue weighted by atomic mass is 32.2. The van der Waals surface area contributed by atoms with Crippen molar-refractivity contribution < 1.29 is 26.9 Å². The van der Waals surface area contributed by atoms with Crippen LogP contribution in [0.2, 0.25) is 0 Å². The molecule has 1 aromatic rings. The maximum atomic E-state index is 12.3. The van der Waals surface area contributed by atoms with Gasteiger partial charge in [-0.25, -0.2) is 9.78 Å². The monoisotopic (exact) mass is 386 g/mol. The van der Waals surface area contributed by atoms with Crippen LogP contribution in [-0.4, -0.2) is 66.4 Å². The molecule has 0 aromatic carbocycles. The van der Waals surface area contributed by atoms with Crippen LogP contribution in [-0.2, 0) is 32.5 Å². The number of aromatic nitrogens is 2. The Labute approximate surface area is 151 Å². The van der Waals surface area contributed by atoms with E-state index >= 15 is 0 Å². The van der Waals surface area contributed by atoms with Crippen molar-refractivity contribution in [1.82, 2.24) is 14.5 Å². The normalized spacial score (nSPS) is 20.2. The highest BCUT2D eigenvalue weighted by molar-refractivity contribution is 7.86. The minimum absolute atomic E-state index is 0.0389. The molecule has 0 spiro atoms. The van der Waals surface area contributed by atoms with Crippen LogP contribution in [0.3, 0.4) is 0 Å². The number of hydrogen-bond acceptors (Lipinski definition) is 7. The van der Waals surface area contributed by atoms with Crippen LogP contribution in [0.15, 0.2) is 18.9 Å². The van der Waals surface area contributed by atoms with Gasteiger partial charge in [0.25, 0.3) is 16.0 Å². The zero-order valence-corrected chi connectivity index (χ0v) is 15.4. The second kappa shape index (κ2) is 7.87. The zero-order chi connectivity index (χ0) is 19.5. The quantitative estimate of drug-likeness (QED) is 0.507. The molecular formula is C15H22N4O6S. The maximum absolute atomic E-state index is 12.3. The summed E-state index contributed by atoms with van der Waals surface area (Å²) in [5.41, 5.74) is 5.93. The lowest BCUT2D eigenvalue weighted by Gasteiger charge is -2.23. The molecule has 1 aromatic heterocycles. The van der Waals surface area contributed by atoms with Crippen molar-refractivity contribution in [2.24, 2.45) is 12.8 Å². The first-order chi connectivity index (χ1) is 12.1. The largest absolute Gasteiger partial charge is 0.445 e. The fraction of sp³-hybridized carbons (Fsp3) is 0.533. The molecule has 1 saturated heterocycles. The van der Waals surface area contributed by atoms with E-state index in [0.717, 1.165) is 6.26 Å². The molecular weight excluding hydrogens is 364 g/mol. The van der Waals surface area contributed by atoms with Crippen LogP contribution in [0.25, 0.3) is 0 Å². The number of nitrogens with two attached hydrogens (primary N) is 1. The zero-order valence-electron chi connectivity index (χ0n) is 14.6. The van der Waals surface area contributed by atoms with Gasteiger partial charge in [-0.05, 0) is 6.42 Å². The minimum atomic E-state index is -3.66. The molecule has 2 atom stereocenters. The van der Waals surface area contributed by atoms with E-state index in [2.05, 4.69) is 11.6 Å². The van der Waals surface area contributed by atoms with Crippen LogP contribution < -0.4 is 5.73 Å². The number of ether oxygens (including phenoxy) is 1. The number of likely N-dealkylation sites (tertiary alicyclic amines) is 1. The van der Waals surface area contributed by atoms with Gasteiger partial charge in [-0.3, -0.25) is 8.98 Å². The van der Waals surface area contributed by atoms with Crippen molar-refractivity contribution in [2.75, 3.05) is 19.4 Å². The highest BCUT2D eigenvalue weighted by Gasteiger charge is 2.38. The lowest BCUT2D eigenvalue weighted by molar-refractivity contribution is 0.0984. The van der Waals surface area contributed by atoms with Crippen molar-refractivity contribution in [3.63, 3.8) is 0 Å². The maximum Gasteiger partial charge on any atom is 0.410 e. The van der Waals surface area contributed by atoms with Crippen LogP contribution in [0.1, 0.15) is 22.7 Å². The average molecular weight is 386 g/mol. The Morgan fingerprint density at radius 3 is 2.73 bits per heavy atom. The second-order valence-corrected chi connectivity index (χ2v) is 7.63. The number of rotatable bonds is 7. The molecule has 0 unspecified atom stereocenters. The van der Waals surface area contributed by atoms with Crippen molar-refractivity contribution >= 4 is 22.1 Å². The van der Waals surface area contributed by atoms with Crippen LogP contribution in [0.5, 0.6) is 0 Å². The summed E-state index contributed by atoms with van der Waals surface area (Å²) in [5.74, 6) is -0.562. The molecule has 11 heteroatoms. The lowest BCUT2D eigenvalue weighted by Crippen LogP contribution is -2.38. The van der Waals surface area contributed by atoms with Gasteiger partial charge < -0.3 is 19.9 Å². The van der Waals surface area contributed by atoms with Gasteiger partial charge in [-0.15, -0.1) is 0 Å². The van der Waals surface area contributed by atoms with Gasteiger partial charge in [0.15, 0.2) is 5.82 Å². The van der Waals surface area contributed by atoms with E-state index in [-0.39, 0.29) is 25.0 Å². The predicted molar refractivity (Wildman–Crippen MR) is 91.8 cm³/mol. The fourth-order valence-corrected chi connectivity index (χ4v) is 3.56. The smallest absolute Gasteiger partial charge is 0.410 e. The summed E-state index contributed by atoms with van der Waals surface area (Å²) in [6, 6.07) is -0.379. The molecule has 10 nitrogen and oxygen atoms in total. The number of primary amides is 1. The van der Waals surface area contributed by atoms with Gasteiger partial charge in [0.05, 0.1) is 18.9 Å². The van der Waals surface area contributed by atoms with E-state index in [4.69, 9.17) is 14.7 Å². The Balaban J connectivity index is 2.19. The Morgan fingerprint density at radius 2 is 2.19 bits per heavy atom.